The minimum absolute atomic E-state index is 0.0816. The van der Waals surface area contributed by atoms with Crippen LogP contribution in [0.4, 0.5) is 5.95 Å². The molecule has 35 heavy (non-hydrogen) atoms. The molecule has 0 spiro atoms. The SMILES string of the molecule is Cc1nc(-c2nnn(C)c2CNc2nccc(C(C)(C)C)n2)cnc1O[C@H]1CCC[C@H](C(=O)O)C1. The van der Waals surface area contributed by atoms with E-state index in [1.54, 1.807) is 17.1 Å². The summed E-state index contributed by atoms with van der Waals surface area (Å²) in [7, 11) is 1.82. The molecule has 3 aromatic heterocycles. The lowest BCUT2D eigenvalue weighted by Crippen LogP contribution is -2.30. The first-order chi connectivity index (χ1) is 16.6. The molecule has 1 fully saturated rings. The van der Waals surface area contributed by atoms with Crippen molar-refractivity contribution in [1.82, 2.24) is 34.9 Å². The molecule has 0 aliphatic heterocycles. The lowest BCUT2D eigenvalue weighted by molar-refractivity contribution is -0.143. The van der Waals surface area contributed by atoms with E-state index in [2.05, 4.69) is 56.3 Å². The predicted octanol–water partition coefficient (Wildman–Crippen LogP) is 3.30. The van der Waals surface area contributed by atoms with Crippen molar-refractivity contribution in [2.24, 2.45) is 13.0 Å². The minimum atomic E-state index is -0.768. The monoisotopic (exact) mass is 480 g/mol. The second-order valence-electron chi connectivity index (χ2n) is 9.96. The summed E-state index contributed by atoms with van der Waals surface area (Å²) in [6, 6.07) is 1.92. The van der Waals surface area contributed by atoms with Gasteiger partial charge >= 0.3 is 5.97 Å². The van der Waals surface area contributed by atoms with Gasteiger partial charge in [-0.15, -0.1) is 5.10 Å². The van der Waals surface area contributed by atoms with Gasteiger partial charge in [-0.3, -0.25) is 4.79 Å². The van der Waals surface area contributed by atoms with Gasteiger partial charge in [-0.1, -0.05) is 26.0 Å². The minimum Gasteiger partial charge on any atom is -0.481 e. The molecule has 186 valence electrons. The Kier molecular flexibility index (Phi) is 6.95. The number of aromatic nitrogens is 7. The molecule has 3 aromatic rings. The van der Waals surface area contributed by atoms with E-state index in [1.807, 2.05) is 20.0 Å². The zero-order valence-electron chi connectivity index (χ0n) is 20.8. The number of hydrogen-bond acceptors (Lipinski definition) is 9. The van der Waals surface area contributed by atoms with Gasteiger partial charge in [-0.2, -0.15) is 0 Å². The summed E-state index contributed by atoms with van der Waals surface area (Å²) in [6.07, 6.45) is 5.99. The molecule has 2 atom stereocenters. The summed E-state index contributed by atoms with van der Waals surface area (Å²) in [5, 5.41) is 21.0. The van der Waals surface area contributed by atoms with E-state index < -0.39 is 5.97 Å². The van der Waals surface area contributed by atoms with Crippen molar-refractivity contribution < 1.29 is 14.6 Å². The Morgan fingerprint density at radius 3 is 2.77 bits per heavy atom. The highest BCUT2D eigenvalue weighted by Crippen LogP contribution is 2.29. The number of carbonyl (C=O) groups is 1. The highest BCUT2D eigenvalue weighted by molar-refractivity contribution is 5.70. The van der Waals surface area contributed by atoms with Crippen LogP contribution in [0.2, 0.25) is 0 Å². The molecule has 11 nitrogen and oxygen atoms in total. The van der Waals surface area contributed by atoms with Gasteiger partial charge in [0.2, 0.25) is 11.8 Å². The van der Waals surface area contributed by atoms with Crippen LogP contribution >= 0.6 is 0 Å². The van der Waals surface area contributed by atoms with Crippen LogP contribution in [0.25, 0.3) is 11.4 Å². The van der Waals surface area contributed by atoms with Crippen LogP contribution in [0.1, 0.15) is 63.5 Å². The Labute approximate surface area is 204 Å². The van der Waals surface area contributed by atoms with Crippen molar-refractivity contribution in [3.8, 4) is 17.3 Å². The van der Waals surface area contributed by atoms with Gasteiger partial charge in [0.1, 0.15) is 23.2 Å². The smallest absolute Gasteiger partial charge is 0.306 e. The Balaban J connectivity index is 1.49. The van der Waals surface area contributed by atoms with Crippen LogP contribution in [0.3, 0.4) is 0 Å². The molecule has 1 aliphatic carbocycles. The first-order valence-corrected chi connectivity index (χ1v) is 11.8. The van der Waals surface area contributed by atoms with Gasteiger partial charge in [0.05, 0.1) is 30.0 Å². The molecule has 0 aromatic carbocycles. The summed E-state index contributed by atoms with van der Waals surface area (Å²) < 4.78 is 7.72. The number of hydrogen-bond donors (Lipinski definition) is 2. The van der Waals surface area contributed by atoms with Gasteiger partial charge in [0.15, 0.2) is 0 Å². The van der Waals surface area contributed by atoms with E-state index in [-0.39, 0.29) is 17.4 Å². The van der Waals surface area contributed by atoms with Crippen molar-refractivity contribution in [2.75, 3.05) is 5.32 Å². The summed E-state index contributed by atoms with van der Waals surface area (Å²) in [5.41, 5.74) is 3.48. The number of nitrogens with one attached hydrogen (secondary N) is 1. The van der Waals surface area contributed by atoms with Crippen molar-refractivity contribution in [3.63, 3.8) is 0 Å². The average Bonchev–Trinajstić information content (AvgIpc) is 3.19. The Morgan fingerprint density at radius 2 is 2.06 bits per heavy atom. The predicted molar refractivity (Wildman–Crippen MR) is 129 cm³/mol. The molecule has 11 heteroatoms. The van der Waals surface area contributed by atoms with Crippen LogP contribution in [-0.2, 0) is 23.8 Å². The van der Waals surface area contributed by atoms with Gasteiger partial charge in [0, 0.05) is 18.7 Å². The number of carboxylic acids is 1. The summed E-state index contributed by atoms with van der Waals surface area (Å²) in [4.78, 5) is 29.4. The van der Waals surface area contributed by atoms with E-state index in [0.29, 0.717) is 48.3 Å². The van der Waals surface area contributed by atoms with E-state index in [1.165, 1.54) is 0 Å². The maximum atomic E-state index is 11.3. The molecule has 1 saturated carbocycles. The van der Waals surface area contributed by atoms with Crippen LogP contribution in [0.5, 0.6) is 5.88 Å². The van der Waals surface area contributed by atoms with E-state index in [9.17, 15) is 9.90 Å². The average molecular weight is 481 g/mol. The first-order valence-electron chi connectivity index (χ1n) is 11.8. The van der Waals surface area contributed by atoms with Gasteiger partial charge in [-0.25, -0.2) is 24.6 Å². The molecule has 4 rings (SSSR count). The molecule has 0 unspecified atom stereocenters. The van der Waals surface area contributed by atoms with E-state index in [4.69, 9.17) is 4.74 Å². The maximum absolute atomic E-state index is 11.3. The fourth-order valence-electron chi connectivity index (χ4n) is 4.13. The lowest BCUT2D eigenvalue weighted by Gasteiger charge is -2.27. The zero-order chi connectivity index (χ0) is 25.2. The number of anilines is 1. The van der Waals surface area contributed by atoms with E-state index >= 15 is 0 Å². The van der Waals surface area contributed by atoms with Gasteiger partial charge in [-0.05, 0) is 38.7 Å². The van der Waals surface area contributed by atoms with Crippen molar-refractivity contribution in [2.45, 2.75) is 71.4 Å². The number of carboxylic acid groups (broad SMARTS) is 1. The molecule has 2 N–H and O–H groups in total. The molecule has 0 bridgehead atoms. The molecular formula is C24H32N8O3. The Morgan fingerprint density at radius 1 is 1.26 bits per heavy atom. The number of aliphatic carboxylic acids is 1. The van der Waals surface area contributed by atoms with E-state index in [0.717, 1.165) is 24.2 Å². The highest BCUT2D eigenvalue weighted by Gasteiger charge is 2.29. The van der Waals surface area contributed by atoms with Crippen LogP contribution in [0, 0.1) is 12.8 Å². The third-order valence-electron chi connectivity index (χ3n) is 6.18. The van der Waals surface area contributed by atoms with Crippen molar-refractivity contribution in [1.29, 1.82) is 0 Å². The largest absolute Gasteiger partial charge is 0.481 e. The van der Waals surface area contributed by atoms with Crippen molar-refractivity contribution in [3.05, 3.63) is 35.5 Å². The van der Waals surface area contributed by atoms with Gasteiger partial charge in [0.25, 0.3) is 0 Å². The second-order valence-corrected chi connectivity index (χ2v) is 9.96. The molecule has 3 heterocycles. The Bertz CT molecular complexity index is 1200. The molecule has 1 aliphatic rings. The van der Waals surface area contributed by atoms with Crippen LogP contribution in [-0.4, -0.2) is 52.1 Å². The fourth-order valence-corrected chi connectivity index (χ4v) is 4.13. The maximum Gasteiger partial charge on any atom is 0.306 e. The van der Waals surface area contributed by atoms with Crippen LogP contribution < -0.4 is 10.1 Å². The molecule has 0 radical (unpaired) electrons. The zero-order valence-corrected chi connectivity index (χ0v) is 20.8. The Hall–Kier alpha value is -3.63. The van der Waals surface area contributed by atoms with Crippen LogP contribution in [0.15, 0.2) is 18.5 Å². The standard InChI is InChI=1S/C24H32N8O3/c1-14-21(35-16-8-6-7-15(11-16)22(33)34)26-12-17(28-14)20-18(32(5)31-30-20)13-27-23-25-10-9-19(29-23)24(2,3)4/h9-10,12,15-16H,6-8,11,13H2,1-5H3,(H,33,34)(H,25,27,29)/t15-,16-/m0/s1. The first kappa shape index (κ1) is 24.5. The summed E-state index contributed by atoms with van der Waals surface area (Å²) in [5.74, 6) is -0.191. The number of ether oxygens (including phenoxy) is 1. The number of aryl methyl sites for hydroxylation is 2. The lowest BCUT2D eigenvalue weighted by atomic mass is 9.87. The normalized spacial score (nSPS) is 18.3. The third kappa shape index (κ3) is 5.72. The second kappa shape index (κ2) is 9.93. The number of rotatable bonds is 7. The van der Waals surface area contributed by atoms with Crippen molar-refractivity contribution >= 4 is 11.9 Å². The molecule has 0 saturated heterocycles. The van der Waals surface area contributed by atoms with Gasteiger partial charge < -0.3 is 15.2 Å². The number of nitrogens with zero attached hydrogens (tertiary/aromatic N) is 7. The molecule has 0 amide bonds. The quantitative estimate of drug-likeness (QED) is 0.517. The highest BCUT2D eigenvalue weighted by atomic mass is 16.5. The topological polar surface area (TPSA) is 141 Å². The summed E-state index contributed by atoms with van der Waals surface area (Å²) in [6.45, 7) is 8.55. The molecular weight excluding hydrogens is 448 g/mol. The summed E-state index contributed by atoms with van der Waals surface area (Å²) >= 11 is 0. The third-order valence-corrected chi connectivity index (χ3v) is 6.18. The fraction of sp³-hybridized carbons (Fsp3) is 0.542.